The van der Waals surface area contributed by atoms with E-state index in [-0.39, 0.29) is 5.82 Å². The minimum Gasteiger partial charge on any atom is -0.481 e. The molecule has 0 aliphatic rings. The van der Waals surface area contributed by atoms with E-state index in [0.29, 0.717) is 21.8 Å². The van der Waals surface area contributed by atoms with Gasteiger partial charge in [-0.3, -0.25) is 4.79 Å². The maximum Gasteiger partial charge on any atom is 0.315 e. The molecule has 1 N–H and O–H groups in total. The highest BCUT2D eigenvalue weighted by molar-refractivity contribution is 7.13. The summed E-state index contributed by atoms with van der Waals surface area (Å²) in [5.41, 5.74) is 0.333. The first-order valence-corrected chi connectivity index (χ1v) is 6.67. The van der Waals surface area contributed by atoms with Crippen molar-refractivity contribution in [2.75, 3.05) is 0 Å². The van der Waals surface area contributed by atoms with E-state index in [1.54, 1.807) is 44.4 Å². The second-order valence-corrected chi connectivity index (χ2v) is 5.76. The van der Waals surface area contributed by atoms with Crippen molar-refractivity contribution in [1.82, 2.24) is 4.98 Å². The number of carboxylic acids is 1. The molecule has 0 unspecified atom stereocenters. The van der Waals surface area contributed by atoms with Gasteiger partial charge in [-0.15, -0.1) is 11.3 Å². The molecule has 3 nitrogen and oxygen atoms in total. The molecule has 0 saturated heterocycles. The van der Waals surface area contributed by atoms with Crippen molar-refractivity contribution in [2.24, 2.45) is 0 Å². The van der Waals surface area contributed by atoms with E-state index in [4.69, 9.17) is 5.11 Å². The lowest BCUT2D eigenvalue weighted by Gasteiger charge is -2.15. The Labute approximate surface area is 114 Å². The molecule has 0 aliphatic heterocycles. The van der Waals surface area contributed by atoms with E-state index in [0.717, 1.165) is 0 Å². The average molecular weight is 279 g/mol. The molecular formula is C14H14FNO2S. The van der Waals surface area contributed by atoms with Crippen LogP contribution in [0.3, 0.4) is 0 Å². The molecule has 0 saturated carbocycles. The van der Waals surface area contributed by atoms with Crippen molar-refractivity contribution >= 4 is 17.3 Å². The summed E-state index contributed by atoms with van der Waals surface area (Å²) < 4.78 is 14.0. The zero-order valence-corrected chi connectivity index (χ0v) is 11.7. The average Bonchev–Trinajstić information content (AvgIpc) is 2.82. The summed E-state index contributed by atoms with van der Waals surface area (Å²) in [7, 11) is 0. The summed E-state index contributed by atoms with van der Waals surface area (Å²) in [6.45, 7) is 4.86. The fraction of sp³-hybridized carbons (Fsp3) is 0.286. The quantitative estimate of drug-likeness (QED) is 0.933. The Balaban J connectivity index is 2.47. The molecule has 0 atom stereocenters. The zero-order valence-electron chi connectivity index (χ0n) is 10.9. The number of aliphatic carboxylic acids is 1. The monoisotopic (exact) mass is 279 g/mol. The Morgan fingerprint density at radius 3 is 2.74 bits per heavy atom. The van der Waals surface area contributed by atoms with Crippen molar-refractivity contribution in [3.63, 3.8) is 0 Å². The van der Waals surface area contributed by atoms with Gasteiger partial charge in [0, 0.05) is 10.9 Å². The van der Waals surface area contributed by atoms with Gasteiger partial charge in [-0.05, 0) is 32.4 Å². The van der Waals surface area contributed by atoms with Gasteiger partial charge in [0.2, 0.25) is 0 Å². The summed E-state index contributed by atoms with van der Waals surface area (Å²) in [5, 5.41) is 11.3. The number of hydrogen-bond donors (Lipinski definition) is 1. The number of rotatable bonds is 3. The fourth-order valence-corrected chi connectivity index (χ4v) is 2.61. The topological polar surface area (TPSA) is 50.2 Å². The molecule has 0 aliphatic carbocycles. The summed E-state index contributed by atoms with van der Waals surface area (Å²) in [6, 6.07) is 5.10. The largest absolute Gasteiger partial charge is 0.481 e. The minimum atomic E-state index is -1.07. The summed E-state index contributed by atoms with van der Waals surface area (Å²) >= 11 is 1.26. The number of carboxylic acid groups (broad SMARTS) is 1. The van der Waals surface area contributed by atoms with Crippen LogP contribution in [0.2, 0.25) is 0 Å². The molecule has 100 valence electrons. The molecular weight excluding hydrogens is 265 g/mol. The summed E-state index contributed by atoms with van der Waals surface area (Å²) in [6.07, 6.45) is 0. The maximum atomic E-state index is 14.0. The van der Waals surface area contributed by atoms with E-state index in [1.165, 1.54) is 11.3 Å². The molecule has 0 fully saturated rings. The molecule has 1 heterocycles. The predicted octanol–water partition coefficient (Wildman–Crippen LogP) is 3.62. The lowest BCUT2D eigenvalue weighted by Crippen LogP contribution is -2.28. The van der Waals surface area contributed by atoms with Crippen LogP contribution in [0.1, 0.15) is 25.1 Å². The second-order valence-electron chi connectivity index (χ2n) is 4.90. The number of halogens is 1. The standard InChI is InChI=1S/C14H14FNO2S/c1-8-5-4-6-9(11(8)15)12-16-10(7-19-12)14(2,3)13(17)18/h4-7H,1-3H3,(H,17,18). The van der Waals surface area contributed by atoms with Crippen LogP contribution in [0.4, 0.5) is 4.39 Å². The molecule has 2 aromatic rings. The van der Waals surface area contributed by atoms with Gasteiger partial charge < -0.3 is 5.11 Å². The molecule has 1 aromatic heterocycles. The number of thiazole rings is 1. The highest BCUT2D eigenvalue weighted by Gasteiger charge is 2.32. The van der Waals surface area contributed by atoms with E-state index in [9.17, 15) is 9.18 Å². The van der Waals surface area contributed by atoms with Crippen LogP contribution in [0.5, 0.6) is 0 Å². The van der Waals surface area contributed by atoms with Gasteiger partial charge in [0.15, 0.2) is 0 Å². The lowest BCUT2D eigenvalue weighted by atomic mass is 9.90. The first-order valence-electron chi connectivity index (χ1n) is 5.79. The molecule has 5 heteroatoms. The molecule has 2 rings (SSSR count). The molecule has 0 amide bonds. The summed E-state index contributed by atoms with van der Waals surface area (Å²) in [5.74, 6) is -1.26. The maximum absolute atomic E-state index is 14.0. The van der Waals surface area contributed by atoms with Gasteiger partial charge in [0.05, 0.1) is 5.69 Å². The van der Waals surface area contributed by atoms with Gasteiger partial charge >= 0.3 is 5.97 Å². The van der Waals surface area contributed by atoms with Crippen molar-refractivity contribution in [3.8, 4) is 10.6 Å². The van der Waals surface area contributed by atoms with E-state index in [2.05, 4.69) is 4.98 Å². The highest BCUT2D eigenvalue weighted by atomic mass is 32.1. The van der Waals surface area contributed by atoms with Gasteiger partial charge in [-0.1, -0.05) is 12.1 Å². The van der Waals surface area contributed by atoms with Crippen molar-refractivity contribution < 1.29 is 14.3 Å². The fourth-order valence-electron chi connectivity index (χ4n) is 1.61. The number of nitrogens with zero attached hydrogens (tertiary/aromatic N) is 1. The molecule has 0 spiro atoms. The third-order valence-electron chi connectivity index (χ3n) is 3.10. The van der Waals surface area contributed by atoms with Crippen LogP contribution >= 0.6 is 11.3 Å². The number of aryl methyl sites for hydroxylation is 1. The third kappa shape index (κ3) is 2.38. The van der Waals surface area contributed by atoms with E-state index in [1.807, 2.05) is 0 Å². The molecule has 0 radical (unpaired) electrons. The number of benzene rings is 1. The van der Waals surface area contributed by atoms with Gasteiger partial charge in [0.25, 0.3) is 0 Å². The van der Waals surface area contributed by atoms with Crippen LogP contribution in [0, 0.1) is 12.7 Å². The van der Waals surface area contributed by atoms with Crippen LogP contribution in [-0.2, 0) is 10.2 Å². The van der Waals surface area contributed by atoms with Crippen molar-refractivity contribution in [3.05, 3.63) is 40.7 Å². The Kier molecular flexibility index (Phi) is 3.41. The Bertz CT molecular complexity index is 634. The van der Waals surface area contributed by atoms with Crippen molar-refractivity contribution in [1.29, 1.82) is 0 Å². The van der Waals surface area contributed by atoms with Crippen LogP contribution < -0.4 is 0 Å². The van der Waals surface area contributed by atoms with E-state index < -0.39 is 11.4 Å². The summed E-state index contributed by atoms with van der Waals surface area (Å²) in [4.78, 5) is 15.5. The van der Waals surface area contributed by atoms with Crippen LogP contribution in [0.15, 0.2) is 23.6 Å². The van der Waals surface area contributed by atoms with Crippen LogP contribution in [-0.4, -0.2) is 16.1 Å². The number of aromatic nitrogens is 1. The number of carbonyl (C=O) groups is 1. The van der Waals surface area contributed by atoms with Gasteiger partial charge in [0.1, 0.15) is 16.2 Å². The van der Waals surface area contributed by atoms with Gasteiger partial charge in [-0.25, -0.2) is 9.37 Å². The molecule has 0 bridgehead atoms. The Morgan fingerprint density at radius 2 is 2.11 bits per heavy atom. The van der Waals surface area contributed by atoms with Gasteiger partial charge in [-0.2, -0.15) is 0 Å². The second kappa shape index (κ2) is 4.74. The molecule has 19 heavy (non-hydrogen) atoms. The highest BCUT2D eigenvalue weighted by Crippen LogP contribution is 2.32. The normalized spacial score (nSPS) is 11.6. The SMILES string of the molecule is Cc1cccc(-c2nc(C(C)(C)C(=O)O)cs2)c1F. The van der Waals surface area contributed by atoms with E-state index >= 15 is 0 Å². The Morgan fingerprint density at radius 1 is 1.42 bits per heavy atom. The third-order valence-corrected chi connectivity index (χ3v) is 3.98. The smallest absolute Gasteiger partial charge is 0.315 e. The van der Waals surface area contributed by atoms with Crippen LogP contribution in [0.25, 0.3) is 10.6 Å². The number of hydrogen-bond acceptors (Lipinski definition) is 3. The lowest BCUT2D eigenvalue weighted by molar-refractivity contribution is -0.142. The first kappa shape index (κ1) is 13.7. The first-order chi connectivity index (χ1) is 8.84. The predicted molar refractivity (Wildman–Crippen MR) is 72.9 cm³/mol. The van der Waals surface area contributed by atoms with Crippen molar-refractivity contribution in [2.45, 2.75) is 26.2 Å². The Hall–Kier alpha value is -1.75. The molecule has 1 aromatic carbocycles. The zero-order chi connectivity index (χ0) is 14.2. The minimum absolute atomic E-state index is 0.309.